The number of carbonyl (C=O) groups is 1. The highest BCUT2D eigenvalue weighted by Gasteiger charge is 2.23. The number of aromatic amines is 1. The summed E-state index contributed by atoms with van der Waals surface area (Å²) in [4.78, 5) is 11.8. The smallest absolute Gasteiger partial charge is 0.256 e. The van der Waals surface area contributed by atoms with Crippen LogP contribution in [0.25, 0.3) is 0 Å². The van der Waals surface area contributed by atoms with Crippen LogP contribution in [0.5, 0.6) is 0 Å². The number of aryl methyl sites for hydroxylation is 2. The molecule has 0 saturated carbocycles. The molecule has 1 unspecified atom stereocenters. The van der Waals surface area contributed by atoms with Gasteiger partial charge in [0.05, 0.1) is 36.9 Å². The Labute approximate surface area is 93.3 Å². The van der Waals surface area contributed by atoms with E-state index in [1.807, 2.05) is 13.8 Å². The Morgan fingerprint density at radius 3 is 2.88 bits per heavy atom. The first kappa shape index (κ1) is 11.1. The van der Waals surface area contributed by atoms with E-state index in [2.05, 4.69) is 15.5 Å². The van der Waals surface area contributed by atoms with Gasteiger partial charge in [-0.2, -0.15) is 5.10 Å². The molecule has 16 heavy (non-hydrogen) atoms. The van der Waals surface area contributed by atoms with Crippen molar-refractivity contribution in [1.82, 2.24) is 10.2 Å². The molecular formula is C10H15N3O3. The molecule has 2 heterocycles. The molecule has 1 amide bonds. The van der Waals surface area contributed by atoms with Crippen molar-refractivity contribution in [2.45, 2.75) is 20.0 Å². The lowest BCUT2D eigenvalue weighted by Gasteiger charge is -2.22. The largest absolute Gasteiger partial charge is 0.376 e. The Bertz CT molecular complexity index is 363. The molecule has 0 radical (unpaired) electrons. The highest BCUT2D eigenvalue weighted by Crippen LogP contribution is 2.16. The van der Waals surface area contributed by atoms with Crippen molar-refractivity contribution >= 4 is 11.6 Å². The number of aromatic nitrogens is 2. The summed E-state index contributed by atoms with van der Waals surface area (Å²) < 4.78 is 10.5. The molecule has 1 aliphatic rings. The number of amides is 1. The van der Waals surface area contributed by atoms with Crippen molar-refractivity contribution in [2.75, 3.05) is 25.1 Å². The molecule has 0 spiro atoms. The predicted molar refractivity (Wildman–Crippen MR) is 57.3 cm³/mol. The van der Waals surface area contributed by atoms with E-state index < -0.39 is 6.10 Å². The Balaban J connectivity index is 2.01. The van der Waals surface area contributed by atoms with Crippen molar-refractivity contribution in [3.8, 4) is 0 Å². The number of hydrogen-bond donors (Lipinski definition) is 2. The van der Waals surface area contributed by atoms with Crippen molar-refractivity contribution in [2.24, 2.45) is 0 Å². The monoisotopic (exact) mass is 225 g/mol. The lowest BCUT2D eigenvalue weighted by molar-refractivity contribution is -0.142. The zero-order valence-corrected chi connectivity index (χ0v) is 9.37. The second-order valence-electron chi connectivity index (χ2n) is 3.73. The lowest BCUT2D eigenvalue weighted by Crippen LogP contribution is -2.39. The van der Waals surface area contributed by atoms with Gasteiger partial charge in [-0.15, -0.1) is 0 Å². The summed E-state index contributed by atoms with van der Waals surface area (Å²) >= 11 is 0. The fourth-order valence-electron chi connectivity index (χ4n) is 1.58. The van der Waals surface area contributed by atoms with Crippen LogP contribution in [0.1, 0.15) is 11.4 Å². The van der Waals surface area contributed by atoms with Gasteiger partial charge in [-0.3, -0.25) is 9.89 Å². The van der Waals surface area contributed by atoms with Crippen LogP contribution < -0.4 is 5.32 Å². The molecule has 1 atom stereocenters. The van der Waals surface area contributed by atoms with Gasteiger partial charge in [0.2, 0.25) is 0 Å². The summed E-state index contributed by atoms with van der Waals surface area (Å²) in [5, 5.41) is 9.60. The molecule has 1 aromatic heterocycles. The van der Waals surface area contributed by atoms with Crippen LogP contribution in [0.4, 0.5) is 5.69 Å². The Morgan fingerprint density at radius 1 is 1.50 bits per heavy atom. The van der Waals surface area contributed by atoms with E-state index in [-0.39, 0.29) is 5.91 Å². The van der Waals surface area contributed by atoms with Gasteiger partial charge in [0, 0.05) is 0 Å². The molecule has 1 saturated heterocycles. The van der Waals surface area contributed by atoms with Crippen LogP contribution in [0.2, 0.25) is 0 Å². The van der Waals surface area contributed by atoms with E-state index >= 15 is 0 Å². The topological polar surface area (TPSA) is 76.2 Å². The first-order valence-electron chi connectivity index (χ1n) is 5.20. The SMILES string of the molecule is Cc1n[nH]c(C)c1NC(=O)C1COCCO1. The fraction of sp³-hybridized carbons (Fsp3) is 0.600. The summed E-state index contributed by atoms with van der Waals surface area (Å²) in [6.45, 7) is 5.00. The number of carbonyl (C=O) groups excluding carboxylic acids is 1. The maximum absolute atomic E-state index is 11.8. The zero-order chi connectivity index (χ0) is 11.5. The second-order valence-corrected chi connectivity index (χ2v) is 3.73. The van der Waals surface area contributed by atoms with E-state index in [9.17, 15) is 4.79 Å². The predicted octanol–water partition coefficient (Wildman–Crippen LogP) is 0.380. The van der Waals surface area contributed by atoms with Crippen LogP contribution in [-0.4, -0.2) is 42.0 Å². The number of anilines is 1. The lowest BCUT2D eigenvalue weighted by atomic mass is 10.2. The number of H-pyrrole nitrogens is 1. The molecule has 0 bridgehead atoms. The molecule has 6 nitrogen and oxygen atoms in total. The third kappa shape index (κ3) is 2.23. The highest BCUT2D eigenvalue weighted by molar-refractivity contribution is 5.95. The van der Waals surface area contributed by atoms with Crippen molar-refractivity contribution in [1.29, 1.82) is 0 Å². The average Bonchev–Trinajstić information content (AvgIpc) is 2.62. The number of rotatable bonds is 2. The number of hydrogen-bond acceptors (Lipinski definition) is 4. The zero-order valence-electron chi connectivity index (χ0n) is 9.37. The molecule has 2 rings (SSSR count). The second kappa shape index (κ2) is 4.63. The van der Waals surface area contributed by atoms with Crippen molar-refractivity contribution in [3.05, 3.63) is 11.4 Å². The average molecular weight is 225 g/mol. The third-order valence-electron chi connectivity index (χ3n) is 2.48. The summed E-state index contributed by atoms with van der Waals surface area (Å²) in [6.07, 6.45) is -0.526. The van der Waals surface area contributed by atoms with Gasteiger partial charge in [0.25, 0.3) is 5.91 Å². The van der Waals surface area contributed by atoms with Crippen LogP contribution in [-0.2, 0) is 14.3 Å². The number of nitrogens with zero attached hydrogens (tertiary/aromatic N) is 1. The normalized spacial score (nSPS) is 20.8. The molecule has 0 aliphatic carbocycles. The van der Waals surface area contributed by atoms with Crippen LogP contribution in [0, 0.1) is 13.8 Å². The van der Waals surface area contributed by atoms with Gasteiger partial charge in [-0.1, -0.05) is 0 Å². The van der Waals surface area contributed by atoms with Crippen LogP contribution >= 0.6 is 0 Å². The third-order valence-corrected chi connectivity index (χ3v) is 2.48. The van der Waals surface area contributed by atoms with E-state index in [0.29, 0.717) is 19.8 Å². The minimum absolute atomic E-state index is 0.188. The molecule has 2 N–H and O–H groups in total. The summed E-state index contributed by atoms with van der Waals surface area (Å²) in [5.41, 5.74) is 2.32. The van der Waals surface area contributed by atoms with Crippen LogP contribution in [0.3, 0.4) is 0 Å². The first-order chi connectivity index (χ1) is 7.68. The van der Waals surface area contributed by atoms with E-state index in [0.717, 1.165) is 17.1 Å². The van der Waals surface area contributed by atoms with Gasteiger partial charge >= 0.3 is 0 Å². The maximum Gasteiger partial charge on any atom is 0.256 e. The Hall–Kier alpha value is -1.40. The van der Waals surface area contributed by atoms with Gasteiger partial charge in [-0.05, 0) is 13.8 Å². The van der Waals surface area contributed by atoms with Gasteiger partial charge in [0.15, 0.2) is 6.10 Å². The molecule has 88 valence electrons. The molecule has 1 aliphatic heterocycles. The number of ether oxygens (including phenoxy) is 2. The number of nitrogens with one attached hydrogen (secondary N) is 2. The quantitative estimate of drug-likeness (QED) is 0.763. The van der Waals surface area contributed by atoms with Crippen molar-refractivity contribution in [3.63, 3.8) is 0 Å². The first-order valence-corrected chi connectivity index (χ1v) is 5.20. The molecule has 1 aromatic rings. The van der Waals surface area contributed by atoms with E-state index in [1.165, 1.54) is 0 Å². The molecule has 1 fully saturated rings. The summed E-state index contributed by atoms with van der Waals surface area (Å²) in [5.74, 6) is -0.188. The Morgan fingerprint density at radius 2 is 2.31 bits per heavy atom. The highest BCUT2D eigenvalue weighted by atomic mass is 16.6. The maximum atomic E-state index is 11.8. The van der Waals surface area contributed by atoms with E-state index in [4.69, 9.17) is 9.47 Å². The minimum atomic E-state index is -0.526. The fourth-order valence-corrected chi connectivity index (χ4v) is 1.58. The standard InChI is InChI=1S/C10H15N3O3/c1-6-9(7(2)13-12-6)11-10(14)8-5-15-3-4-16-8/h8H,3-5H2,1-2H3,(H,11,14)(H,12,13). The summed E-state index contributed by atoms with van der Waals surface area (Å²) in [6, 6.07) is 0. The van der Waals surface area contributed by atoms with E-state index in [1.54, 1.807) is 0 Å². The summed E-state index contributed by atoms with van der Waals surface area (Å²) in [7, 11) is 0. The molecular weight excluding hydrogens is 210 g/mol. The van der Waals surface area contributed by atoms with Gasteiger partial charge in [0.1, 0.15) is 0 Å². The Kier molecular flexibility index (Phi) is 3.21. The minimum Gasteiger partial charge on any atom is -0.376 e. The van der Waals surface area contributed by atoms with Crippen molar-refractivity contribution < 1.29 is 14.3 Å². The van der Waals surface area contributed by atoms with Gasteiger partial charge in [-0.25, -0.2) is 0 Å². The molecule has 0 aromatic carbocycles. The molecule has 6 heteroatoms. The van der Waals surface area contributed by atoms with Crippen LogP contribution in [0.15, 0.2) is 0 Å². The van der Waals surface area contributed by atoms with Gasteiger partial charge < -0.3 is 14.8 Å².